The second-order valence-electron chi connectivity index (χ2n) is 7.74. The number of halogens is 1. The summed E-state index contributed by atoms with van der Waals surface area (Å²) >= 11 is 0. The highest BCUT2D eigenvalue weighted by atomic mass is 32.2. The number of methoxy groups -OCH3 is 1. The van der Waals surface area contributed by atoms with Crippen molar-refractivity contribution >= 4 is 21.6 Å². The number of hydrogen-bond acceptors (Lipinski definition) is 5. The molecular formula is C19H22FN5O4S. The van der Waals surface area contributed by atoms with Crippen LogP contribution < -0.4 is 15.2 Å². The average molecular weight is 435 g/mol. The summed E-state index contributed by atoms with van der Waals surface area (Å²) in [5, 5.41) is 12.8. The Labute approximate surface area is 173 Å². The fourth-order valence-corrected chi connectivity index (χ4v) is 5.43. The van der Waals surface area contributed by atoms with Crippen LogP contribution in [0.5, 0.6) is 5.88 Å². The zero-order valence-corrected chi connectivity index (χ0v) is 17.3. The van der Waals surface area contributed by atoms with Gasteiger partial charge in [0.15, 0.2) is 9.92 Å². The predicted molar refractivity (Wildman–Crippen MR) is 106 cm³/mol. The number of urea groups is 1. The summed E-state index contributed by atoms with van der Waals surface area (Å²) in [6.07, 6.45) is 4.57. The molecule has 0 radical (unpaired) electrons. The van der Waals surface area contributed by atoms with Crippen molar-refractivity contribution in [1.82, 2.24) is 9.78 Å². The van der Waals surface area contributed by atoms with Gasteiger partial charge in [-0.2, -0.15) is 5.10 Å². The number of ether oxygens (including phenoxy) is 2. The van der Waals surface area contributed by atoms with Crippen molar-refractivity contribution in [2.75, 3.05) is 19.0 Å². The lowest BCUT2D eigenvalue weighted by molar-refractivity contribution is 0.0920. The SMILES string of the molecule is COC[C@H]1Cn2ncc(S(N)(=O)=NC(=O)Nc3c4c(c(F)c5c3CC5)CCC4)c2O1. The molecule has 2 aromatic rings. The fourth-order valence-electron chi connectivity index (χ4n) is 4.44. The summed E-state index contributed by atoms with van der Waals surface area (Å²) in [6, 6.07) is -0.830. The second kappa shape index (κ2) is 7.03. The lowest BCUT2D eigenvalue weighted by atomic mass is 9.83. The Morgan fingerprint density at radius 3 is 2.80 bits per heavy atom. The molecule has 0 spiro atoms. The van der Waals surface area contributed by atoms with E-state index in [2.05, 4.69) is 14.8 Å². The highest BCUT2D eigenvalue weighted by molar-refractivity contribution is 7.91. The third-order valence-electron chi connectivity index (χ3n) is 5.87. The van der Waals surface area contributed by atoms with Gasteiger partial charge in [0.2, 0.25) is 5.88 Å². The lowest BCUT2D eigenvalue weighted by Crippen LogP contribution is -2.23. The third kappa shape index (κ3) is 2.99. The molecule has 2 atom stereocenters. The van der Waals surface area contributed by atoms with Gasteiger partial charge in [0.25, 0.3) is 0 Å². The minimum atomic E-state index is -3.59. The number of nitrogens with two attached hydrogens (primary N) is 1. The average Bonchev–Trinajstić information content (AvgIpc) is 3.34. The number of rotatable bonds is 4. The summed E-state index contributed by atoms with van der Waals surface area (Å²) in [4.78, 5) is 12.7. The van der Waals surface area contributed by atoms with Gasteiger partial charge in [0.1, 0.15) is 16.8 Å². The summed E-state index contributed by atoms with van der Waals surface area (Å²) in [5.74, 6) is 0.0902. The quantitative estimate of drug-likeness (QED) is 0.760. The van der Waals surface area contributed by atoms with Gasteiger partial charge < -0.3 is 14.8 Å². The monoisotopic (exact) mass is 435 g/mol. The summed E-state index contributed by atoms with van der Waals surface area (Å²) in [7, 11) is -2.03. The van der Waals surface area contributed by atoms with Gasteiger partial charge in [-0.1, -0.05) is 0 Å². The van der Waals surface area contributed by atoms with E-state index in [0.29, 0.717) is 55.6 Å². The molecule has 0 saturated carbocycles. The molecule has 1 unspecified atom stereocenters. The number of benzene rings is 1. The molecule has 0 fully saturated rings. The van der Waals surface area contributed by atoms with Crippen molar-refractivity contribution in [3.8, 4) is 5.88 Å². The standard InChI is InChI=1S/C19H22FN5O4S/c1-28-9-10-8-25-18(29-10)15(7-22-25)30(21,27)24-19(26)23-17-13-4-2-3-11(13)16(20)12-5-6-14(12)17/h7,10H,2-6,8-9H2,1H3,(H3,21,23,24,26,27)/t10-,30?/m1/s1. The zero-order chi connectivity index (χ0) is 21.0. The zero-order valence-electron chi connectivity index (χ0n) is 16.4. The maximum absolute atomic E-state index is 14.6. The Morgan fingerprint density at radius 2 is 2.07 bits per heavy atom. The van der Waals surface area contributed by atoms with E-state index < -0.39 is 15.9 Å². The first-order valence-electron chi connectivity index (χ1n) is 9.81. The number of hydrogen-bond donors (Lipinski definition) is 2. The van der Waals surface area contributed by atoms with Crippen LogP contribution in [-0.2, 0) is 46.9 Å². The third-order valence-corrected chi connectivity index (χ3v) is 7.22. The van der Waals surface area contributed by atoms with E-state index in [9.17, 15) is 13.4 Å². The van der Waals surface area contributed by atoms with Gasteiger partial charge in [0.05, 0.1) is 19.3 Å². The van der Waals surface area contributed by atoms with E-state index in [-0.39, 0.29) is 22.7 Å². The molecule has 1 aliphatic heterocycles. The smallest absolute Gasteiger partial charge is 0.354 e. The maximum atomic E-state index is 14.6. The number of anilines is 1. The van der Waals surface area contributed by atoms with Crippen LogP contribution in [0, 0.1) is 5.82 Å². The van der Waals surface area contributed by atoms with Crippen LogP contribution in [0.2, 0.25) is 0 Å². The highest BCUT2D eigenvalue weighted by Crippen LogP contribution is 2.42. The minimum Gasteiger partial charge on any atom is -0.469 e. The summed E-state index contributed by atoms with van der Waals surface area (Å²) in [5.41, 5.74) is 3.55. The van der Waals surface area contributed by atoms with Crippen molar-refractivity contribution in [3.05, 3.63) is 34.3 Å². The molecule has 9 nitrogen and oxygen atoms in total. The Balaban J connectivity index is 1.44. The molecule has 2 aliphatic carbocycles. The maximum Gasteiger partial charge on any atom is 0.354 e. The summed E-state index contributed by atoms with van der Waals surface area (Å²) in [6.45, 7) is 0.770. The Bertz CT molecular complexity index is 1180. The Hall–Kier alpha value is -2.50. The number of carbonyl (C=O) groups excluding carboxylic acids is 1. The number of nitrogens with one attached hydrogen (secondary N) is 1. The van der Waals surface area contributed by atoms with Gasteiger partial charge in [-0.25, -0.2) is 23.2 Å². The molecule has 0 saturated heterocycles. The molecule has 30 heavy (non-hydrogen) atoms. The number of carbonyl (C=O) groups is 1. The molecule has 11 heteroatoms. The van der Waals surface area contributed by atoms with E-state index in [1.54, 1.807) is 7.11 Å². The van der Waals surface area contributed by atoms with Gasteiger partial charge >= 0.3 is 6.03 Å². The van der Waals surface area contributed by atoms with E-state index in [1.807, 2.05) is 0 Å². The van der Waals surface area contributed by atoms with Gasteiger partial charge in [0, 0.05) is 12.8 Å². The Kier molecular flexibility index (Phi) is 4.56. The van der Waals surface area contributed by atoms with E-state index in [1.165, 1.54) is 10.9 Å². The van der Waals surface area contributed by atoms with Gasteiger partial charge in [-0.15, -0.1) is 4.36 Å². The lowest BCUT2D eigenvalue weighted by Gasteiger charge is -2.26. The van der Waals surface area contributed by atoms with Crippen LogP contribution >= 0.6 is 0 Å². The number of nitrogens with zero attached hydrogens (tertiary/aromatic N) is 3. The number of aromatic nitrogens is 2. The molecule has 3 aliphatic rings. The minimum absolute atomic E-state index is 0.0635. The molecule has 2 heterocycles. The molecule has 5 rings (SSSR count). The number of amides is 2. The van der Waals surface area contributed by atoms with Crippen molar-refractivity contribution in [2.24, 2.45) is 9.50 Å². The van der Waals surface area contributed by atoms with Crippen LogP contribution in [0.1, 0.15) is 28.7 Å². The number of fused-ring (bicyclic) bond motifs is 3. The second-order valence-corrected chi connectivity index (χ2v) is 9.50. The normalized spacial score (nSPS) is 20.4. The first kappa shape index (κ1) is 19.5. The van der Waals surface area contributed by atoms with Crippen molar-refractivity contribution in [3.63, 3.8) is 0 Å². The van der Waals surface area contributed by atoms with Crippen molar-refractivity contribution in [1.29, 1.82) is 0 Å². The first-order valence-corrected chi connectivity index (χ1v) is 11.4. The topological polar surface area (TPSA) is 121 Å². The predicted octanol–water partition coefficient (Wildman–Crippen LogP) is 1.95. The highest BCUT2D eigenvalue weighted by Gasteiger charge is 2.33. The van der Waals surface area contributed by atoms with Crippen molar-refractivity contribution < 1.29 is 22.9 Å². The molecule has 160 valence electrons. The molecular weight excluding hydrogens is 413 g/mol. The van der Waals surface area contributed by atoms with E-state index >= 15 is 0 Å². The summed E-state index contributed by atoms with van der Waals surface area (Å²) < 4.78 is 43.7. The molecule has 1 aromatic heterocycles. The van der Waals surface area contributed by atoms with E-state index in [0.717, 1.165) is 17.5 Å². The van der Waals surface area contributed by atoms with Crippen LogP contribution in [0.25, 0.3) is 0 Å². The van der Waals surface area contributed by atoms with Crippen LogP contribution in [-0.4, -0.2) is 39.8 Å². The fraction of sp³-hybridized carbons (Fsp3) is 0.474. The Morgan fingerprint density at radius 1 is 1.37 bits per heavy atom. The molecule has 1 aromatic carbocycles. The van der Waals surface area contributed by atoms with Crippen LogP contribution in [0.15, 0.2) is 15.5 Å². The largest absolute Gasteiger partial charge is 0.469 e. The van der Waals surface area contributed by atoms with E-state index in [4.69, 9.17) is 14.6 Å². The van der Waals surface area contributed by atoms with Crippen LogP contribution in [0.3, 0.4) is 0 Å². The van der Waals surface area contributed by atoms with Crippen molar-refractivity contribution in [2.45, 2.75) is 49.6 Å². The molecule has 3 N–H and O–H groups in total. The van der Waals surface area contributed by atoms with Gasteiger partial charge in [-0.3, -0.25) is 0 Å². The van der Waals surface area contributed by atoms with Crippen LogP contribution in [0.4, 0.5) is 14.9 Å². The molecule has 2 amide bonds. The van der Waals surface area contributed by atoms with Gasteiger partial charge in [-0.05, 0) is 54.4 Å². The molecule has 0 bridgehead atoms. The first-order chi connectivity index (χ1) is 14.4.